The molecule has 3 fully saturated rings. The standard InChI is InChI=1S/C20H32N2O6/c1-14(2)12-26-19(25)21-17(15-6-4-3-5-7-15)18(24)22-13-20(10-16(22)11-23)27-8-9-28-20/h11,14-17H,3-10,12-13H2,1-2H3,(H,21,25)/t16-,17-/m0/s1. The molecule has 28 heavy (non-hydrogen) atoms. The van der Waals surface area contributed by atoms with Gasteiger partial charge in [0.1, 0.15) is 12.3 Å². The molecule has 1 N–H and O–H groups in total. The third kappa shape index (κ3) is 4.84. The van der Waals surface area contributed by atoms with Gasteiger partial charge >= 0.3 is 6.09 Å². The number of rotatable bonds is 6. The maximum Gasteiger partial charge on any atom is 0.407 e. The van der Waals surface area contributed by atoms with Gasteiger partial charge < -0.3 is 29.2 Å². The summed E-state index contributed by atoms with van der Waals surface area (Å²) in [6.45, 7) is 5.33. The van der Waals surface area contributed by atoms with Crippen molar-refractivity contribution in [1.29, 1.82) is 0 Å². The van der Waals surface area contributed by atoms with Crippen molar-refractivity contribution in [3.63, 3.8) is 0 Å². The lowest BCUT2D eigenvalue weighted by Gasteiger charge is -2.33. The molecule has 0 aromatic carbocycles. The monoisotopic (exact) mass is 396 g/mol. The summed E-state index contributed by atoms with van der Waals surface area (Å²) in [5.74, 6) is -0.885. The number of nitrogens with one attached hydrogen (secondary N) is 1. The van der Waals surface area contributed by atoms with Crippen molar-refractivity contribution < 1.29 is 28.6 Å². The summed E-state index contributed by atoms with van der Waals surface area (Å²) in [4.78, 5) is 38.9. The van der Waals surface area contributed by atoms with Gasteiger partial charge in [-0.15, -0.1) is 0 Å². The molecule has 0 aromatic rings. The highest BCUT2D eigenvalue weighted by Gasteiger charge is 2.51. The minimum Gasteiger partial charge on any atom is -0.449 e. The van der Waals surface area contributed by atoms with Crippen LogP contribution in [0.25, 0.3) is 0 Å². The number of carbonyl (C=O) groups excluding carboxylic acids is 3. The molecule has 2 amide bonds. The number of aldehydes is 1. The summed E-state index contributed by atoms with van der Waals surface area (Å²) < 4.78 is 16.6. The number of alkyl carbamates (subject to hydrolysis) is 1. The van der Waals surface area contributed by atoms with Crippen LogP contribution < -0.4 is 5.32 Å². The molecule has 3 aliphatic rings. The van der Waals surface area contributed by atoms with Crippen molar-refractivity contribution in [1.82, 2.24) is 10.2 Å². The summed E-state index contributed by atoms with van der Waals surface area (Å²) in [6.07, 6.45) is 5.47. The minimum absolute atomic E-state index is 0.0436. The van der Waals surface area contributed by atoms with E-state index in [0.29, 0.717) is 26.2 Å². The van der Waals surface area contributed by atoms with E-state index >= 15 is 0 Å². The molecular weight excluding hydrogens is 364 g/mol. The van der Waals surface area contributed by atoms with E-state index in [2.05, 4.69) is 5.32 Å². The van der Waals surface area contributed by atoms with Crippen LogP contribution in [-0.2, 0) is 23.8 Å². The topological polar surface area (TPSA) is 94.2 Å². The van der Waals surface area contributed by atoms with Crippen LogP contribution in [0.15, 0.2) is 0 Å². The van der Waals surface area contributed by atoms with E-state index in [1.54, 1.807) is 0 Å². The summed E-state index contributed by atoms with van der Waals surface area (Å²) in [7, 11) is 0. The molecule has 8 heteroatoms. The Kier molecular flexibility index (Phi) is 6.93. The molecule has 0 unspecified atom stereocenters. The molecule has 1 spiro atoms. The van der Waals surface area contributed by atoms with Gasteiger partial charge in [-0.25, -0.2) is 4.79 Å². The molecule has 2 aliphatic heterocycles. The first kappa shape index (κ1) is 21.0. The fourth-order valence-electron chi connectivity index (χ4n) is 4.38. The number of hydrogen-bond donors (Lipinski definition) is 1. The van der Waals surface area contributed by atoms with Crippen molar-refractivity contribution in [2.24, 2.45) is 11.8 Å². The Balaban J connectivity index is 1.73. The highest BCUT2D eigenvalue weighted by molar-refractivity contribution is 5.88. The van der Waals surface area contributed by atoms with Crippen LogP contribution in [0.2, 0.25) is 0 Å². The molecule has 0 aromatic heterocycles. The summed E-state index contributed by atoms with van der Waals surface area (Å²) in [5.41, 5.74) is 0. The number of amides is 2. The minimum atomic E-state index is -0.892. The van der Waals surface area contributed by atoms with Gasteiger partial charge in [-0.05, 0) is 24.7 Å². The number of nitrogens with zero attached hydrogens (tertiary/aromatic N) is 1. The third-order valence-electron chi connectivity index (χ3n) is 5.79. The quantitative estimate of drug-likeness (QED) is 0.689. The van der Waals surface area contributed by atoms with Gasteiger partial charge in [0.15, 0.2) is 5.79 Å². The van der Waals surface area contributed by atoms with Crippen molar-refractivity contribution in [2.45, 2.75) is 70.2 Å². The normalized spacial score (nSPS) is 25.8. The highest BCUT2D eigenvalue weighted by atomic mass is 16.7. The van der Waals surface area contributed by atoms with Crippen LogP contribution in [0.3, 0.4) is 0 Å². The van der Waals surface area contributed by atoms with Crippen molar-refractivity contribution >= 4 is 18.3 Å². The predicted octanol–water partition coefficient (Wildman–Crippen LogP) is 1.86. The van der Waals surface area contributed by atoms with Gasteiger partial charge in [0.2, 0.25) is 5.91 Å². The lowest BCUT2D eigenvalue weighted by molar-refractivity contribution is -0.154. The second-order valence-electron chi connectivity index (χ2n) is 8.49. The lowest BCUT2D eigenvalue weighted by Crippen LogP contribution is -2.54. The molecule has 0 bridgehead atoms. The molecule has 1 aliphatic carbocycles. The van der Waals surface area contributed by atoms with E-state index in [-0.39, 0.29) is 24.3 Å². The van der Waals surface area contributed by atoms with Crippen LogP contribution >= 0.6 is 0 Å². The molecule has 2 atom stereocenters. The smallest absolute Gasteiger partial charge is 0.407 e. The Morgan fingerprint density at radius 2 is 1.89 bits per heavy atom. The van der Waals surface area contributed by atoms with E-state index in [1.165, 1.54) is 4.90 Å². The van der Waals surface area contributed by atoms with Crippen LogP contribution in [0.4, 0.5) is 4.79 Å². The van der Waals surface area contributed by atoms with Gasteiger partial charge in [-0.2, -0.15) is 0 Å². The second kappa shape index (κ2) is 9.22. The first-order valence-electron chi connectivity index (χ1n) is 10.4. The van der Waals surface area contributed by atoms with Gasteiger partial charge in [-0.1, -0.05) is 33.1 Å². The molecule has 3 rings (SSSR count). The van der Waals surface area contributed by atoms with Crippen molar-refractivity contribution in [3.05, 3.63) is 0 Å². The zero-order valence-electron chi connectivity index (χ0n) is 16.9. The number of ether oxygens (including phenoxy) is 3. The first-order chi connectivity index (χ1) is 13.4. The molecule has 8 nitrogen and oxygen atoms in total. The average Bonchev–Trinajstić information content (AvgIpc) is 3.31. The fraction of sp³-hybridized carbons (Fsp3) is 0.850. The Labute approximate surface area is 166 Å². The Hall–Kier alpha value is -1.67. The van der Waals surface area contributed by atoms with E-state index in [0.717, 1.165) is 38.4 Å². The molecule has 2 heterocycles. The molecule has 0 radical (unpaired) electrons. The lowest BCUT2D eigenvalue weighted by atomic mass is 9.83. The average molecular weight is 396 g/mol. The van der Waals surface area contributed by atoms with Gasteiger partial charge in [0, 0.05) is 6.42 Å². The Morgan fingerprint density at radius 1 is 1.21 bits per heavy atom. The zero-order chi connectivity index (χ0) is 20.1. The van der Waals surface area contributed by atoms with E-state index in [9.17, 15) is 14.4 Å². The summed E-state index contributed by atoms with van der Waals surface area (Å²) >= 11 is 0. The van der Waals surface area contributed by atoms with Crippen LogP contribution in [0, 0.1) is 11.8 Å². The second-order valence-corrected chi connectivity index (χ2v) is 8.49. The number of hydrogen-bond acceptors (Lipinski definition) is 6. The molecular formula is C20H32N2O6. The summed E-state index contributed by atoms with van der Waals surface area (Å²) in [6, 6.07) is -1.30. The van der Waals surface area contributed by atoms with Crippen LogP contribution in [-0.4, -0.2) is 67.4 Å². The highest BCUT2D eigenvalue weighted by Crippen LogP contribution is 2.36. The van der Waals surface area contributed by atoms with E-state index in [1.807, 2.05) is 13.8 Å². The zero-order valence-corrected chi connectivity index (χ0v) is 16.9. The Bertz CT molecular complexity index is 569. The molecule has 1 saturated carbocycles. The SMILES string of the molecule is CC(C)COC(=O)N[C@H](C(=O)N1CC2(C[C@H]1C=O)OCCO2)C1CCCCC1. The largest absolute Gasteiger partial charge is 0.449 e. The maximum absolute atomic E-state index is 13.4. The molecule has 2 saturated heterocycles. The number of carbonyl (C=O) groups is 3. The number of likely N-dealkylation sites (tertiary alicyclic amines) is 1. The Morgan fingerprint density at radius 3 is 2.50 bits per heavy atom. The van der Waals surface area contributed by atoms with Gasteiger partial charge in [-0.3, -0.25) is 4.79 Å². The first-order valence-corrected chi connectivity index (χ1v) is 10.4. The van der Waals surface area contributed by atoms with Crippen molar-refractivity contribution in [2.75, 3.05) is 26.4 Å². The molecule has 158 valence electrons. The van der Waals surface area contributed by atoms with Crippen molar-refractivity contribution in [3.8, 4) is 0 Å². The predicted molar refractivity (Wildman–Crippen MR) is 101 cm³/mol. The van der Waals surface area contributed by atoms with Crippen LogP contribution in [0.1, 0.15) is 52.4 Å². The van der Waals surface area contributed by atoms with Gasteiger partial charge in [0.05, 0.1) is 32.4 Å². The maximum atomic E-state index is 13.4. The van der Waals surface area contributed by atoms with Gasteiger partial charge in [0.25, 0.3) is 0 Å². The fourth-order valence-corrected chi connectivity index (χ4v) is 4.38. The van der Waals surface area contributed by atoms with E-state index < -0.39 is 24.0 Å². The summed E-state index contributed by atoms with van der Waals surface area (Å²) in [5, 5.41) is 2.79. The van der Waals surface area contributed by atoms with Crippen LogP contribution in [0.5, 0.6) is 0 Å². The van der Waals surface area contributed by atoms with E-state index in [4.69, 9.17) is 14.2 Å². The third-order valence-corrected chi connectivity index (χ3v) is 5.79.